The summed E-state index contributed by atoms with van der Waals surface area (Å²) in [5, 5.41) is 16.8. The van der Waals surface area contributed by atoms with Crippen LogP contribution < -0.4 is 21.5 Å². The molecule has 4 rings (SSSR count). The molecule has 0 saturated heterocycles. The topological polar surface area (TPSA) is 125 Å². The summed E-state index contributed by atoms with van der Waals surface area (Å²) >= 11 is 0. The Morgan fingerprint density at radius 2 is 2.00 bits per heavy atom. The summed E-state index contributed by atoms with van der Waals surface area (Å²) in [6.07, 6.45) is 3.89. The Kier molecular flexibility index (Phi) is 5.97. The van der Waals surface area contributed by atoms with Crippen molar-refractivity contribution in [3.63, 3.8) is 0 Å². The van der Waals surface area contributed by atoms with Crippen molar-refractivity contribution in [2.45, 2.75) is 53.0 Å². The molecule has 0 bridgehead atoms. The fourth-order valence-corrected chi connectivity index (χ4v) is 4.50. The monoisotopic (exact) mass is 466 g/mol. The Hall–Kier alpha value is -3.62. The lowest BCUT2D eigenvalue weighted by Crippen LogP contribution is -2.41. The summed E-state index contributed by atoms with van der Waals surface area (Å²) in [6, 6.07) is 3.15. The van der Waals surface area contributed by atoms with Gasteiger partial charge in [-0.15, -0.1) is 0 Å². The lowest BCUT2D eigenvalue weighted by atomic mass is 9.73. The second kappa shape index (κ2) is 8.62. The van der Waals surface area contributed by atoms with Gasteiger partial charge in [-0.25, -0.2) is 4.98 Å². The van der Waals surface area contributed by atoms with Gasteiger partial charge < -0.3 is 25.1 Å². The van der Waals surface area contributed by atoms with Gasteiger partial charge in [0.25, 0.3) is 16.8 Å². The molecule has 1 aromatic carbocycles. The highest BCUT2D eigenvalue weighted by Gasteiger charge is 2.40. The number of nitrogens with zero attached hydrogens (tertiary/aromatic N) is 2. The number of anilines is 3. The minimum Gasteiger partial charge on any atom is -0.504 e. The first kappa shape index (κ1) is 23.5. The van der Waals surface area contributed by atoms with E-state index in [0.29, 0.717) is 6.54 Å². The number of hydrogen-bond acceptors (Lipinski definition) is 8. The highest BCUT2D eigenvalue weighted by Crippen LogP contribution is 2.46. The zero-order chi connectivity index (χ0) is 24.8. The number of aromatic hydroxyl groups is 1. The van der Waals surface area contributed by atoms with Crippen LogP contribution >= 0.6 is 0 Å². The molecule has 0 aliphatic heterocycles. The molecule has 0 fully saturated rings. The second-order valence-electron chi connectivity index (χ2n) is 9.63. The van der Waals surface area contributed by atoms with E-state index in [0.717, 1.165) is 36.3 Å². The molecule has 0 radical (unpaired) electrons. The Bertz CT molecular complexity index is 1320. The molecule has 1 atom stereocenters. The van der Waals surface area contributed by atoms with Gasteiger partial charge in [0.1, 0.15) is 22.9 Å². The molecule has 180 valence electrons. The van der Waals surface area contributed by atoms with Crippen LogP contribution in [0.5, 0.6) is 5.75 Å². The van der Waals surface area contributed by atoms with Gasteiger partial charge in [-0.2, -0.15) is 0 Å². The molecule has 3 aromatic rings. The molecule has 1 unspecified atom stereocenters. The van der Waals surface area contributed by atoms with E-state index in [1.807, 2.05) is 19.9 Å². The zero-order valence-corrected chi connectivity index (χ0v) is 20.1. The Morgan fingerprint density at radius 1 is 1.29 bits per heavy atom. The molecule has 3 N–H and O–H groups in total. The number of aromatic nitrogens is 1. The van der Waals surface area contributed by atoms with E-state index in [9.17, 15) is 19.5 Å². The van der Waals surface area contributed by atoms with E-state index in [-0.39, 0.29) is 40.0 Å². The van der Waals surface area contributed by atoms with Gasteiger partial charge in [-0.05, 0) is 49.3 Å². The van der Waals surface area contributed by atoms with Crippen molar-refractivity contribution in [2.75, 3.05) is 24.2 Å². The third-order valence-electron chi connectivity index (χ3n) is 6.54. The first-order chi connectivity index (χ1) is 16.0. The van der Waals surface area contributed by atoms with E-state index in [1.165, 1.54) is 17.2 Å². The minimum absolute atomic E-state index is 0.0398. The van der Waals surface area contributed by atoms with Crippen molar-refractivity contribution in [2.24, 2.45) is 5.41 Å². The predicted octanol–water partition coefficient (Wildman–Crippen LogP) is 3.64. The number of furan rings is 1. The van der Waals surface area contributed by atoms with Gasteiger partial charge in [-0.3, -0.25) is 14.4 Å². The summed E-state index contributed by atoms with van der Waals surface area (Å²) in [7, 11) is 1.63. The zero-order valence-electron chi connectivity index (χ0n) is 20.1. The normalized spacial score (nSPS) is 16.8. The number of rotatable bonds is 7. The SMILES string of the molecule is CCCN(C)C(=O)c1nccc(Nc2c(NC3c4oc(C)cc4CCC3(C)C)c(=O)c2=O)c1O. The maximum atomic E-state index is 12.6. The maximum absolute atomic E-state index is 12.6. The van der Waals surface area contributed by atoms with E-state index >= 15 is 0 Å². The molecule has 1 aliphatic rings. The average molecular weight is 467 g/mol. The van der Waals surface area contributed by atoms with Crippen LogP contribution in [0.25, 0.3) is 0 Å². The molecule has 34 heavy (non-hydrogen) atoms. The van der Waals surface area contributed by atoms with E-state index in [1.54, 1.807) is 7.05 Å². The number of carbonyl (C=O) groups is 1. The van der Waals surface area contributed by atoms with Crippen LogP contribution in [0.4, 0.5) is 17.1 Å². The molecular formula is C25H30N4O5. The van der Waals surface area contributed by atoms with Crippen molar-refractivity contribution in [1.82, 2.24) is 9.88 Å². The molecule has 1 aliphatic carbocycles. The van der Waals surface area contributed by atoms with Crippen molar-refractivity contribution in [3.8, 4) is 5.75 Å². The highest BCUT2D eigenvalue weighted by atomic mass is 16.3. The summed E-state index contributed by atoms with van der Waals surface area (Å²) in [5.74, 6) is 0.753. The second-order valence-corrected chi connectivity index (χ2v) is 9.63. The Labute approximate surface area is 197 Å². The van der Waals surface area contributed by atoms with Crippen LogP contribution in [0.1, 0.15) is 67.2 Å². The third kappa shape index (κ3) is 3.95. The summed E-state index contributed by atoms with van der Waals surface area (Å²) in [4.78, 5) is 43.1. The number of pyridine rings is 1. The quantitative estimate of drug-likeness (QED) is 0.451. The number of hydrogen-bond donors (Lipinski definition) is 3. The maximum Gasteiger partial charge on any atom is 0.276 e. The number of nitrogens with one attached hydrogen (secondary N) is 2. The first-order valence-corrected chi connectivity index (χ1v) is 11.4. The lowest BCUT2D eigenvalue weighted by molar-refractivity contribution is 0.0786. The van der Waals surface area contributed by atoms with E-state index in [4.69, 9.17) is 4.42 Å². The van der Waals surface area contributed by atoms with Crippen LogP contribution in [-0.4, -0.2) is 34.5 Å². The minimum atomic E-state index is -0.695. The average Bonchev–Trinajstić information content (AvgIpc) is 3.17. The van der Waals surface area contributed by atoms with Crippen LogP contribution in [0.15, 0.2) is 32.3 Å². The number of aryl methyl sites for hydroxylation is 2. The van der Waals surface area contributed by atoms with E-state index < -0.39 is 16.8 Å². The first-order valence-electron chi connectivity index (χ1n) is 11.4. The fourth-order valence-electron chi connectivity index (χ4n) is 4.50. The van der Waals surface area contributed by atoms with Crippen LogP contribution in [0.3, 0.4) is 0 Å². The van der Waals surface area contributed by atoms with Gasteiger partial charge in [0.05, 0.1) is 11.7 Å². The van der Waals surface area contributed by atoms with Gasteiger partial charge in [0.15, 0.2) is 11.4 Å². The largest absolute Gasteiger partial charge is 0.504 e. The summed E-state index contributed by atoms with van der Waals surface area (Å²) < 4.78 is 5.95. The summed E-state index contributed by atoms with van der Waals surface area (Å²) in [6.45, 7) is 8.51. The van der Waals surface area contributed by atoms with Gasteiger partial charge in [-0.1, -0.05) is 20.8 Å². The molecule has 1 amide bonds. The van der Waals surface area contributed by atoms with Crippen molar-refractivity contribution < 1.29 is 14.3 Å². The van der Waals surface area contributed by atoms with Gasteiger partial charge >= 0.3 is 0 Å². The standard InChI is InChI=1S/C25H30N4O5/c1-6-11-29(5)24(33)18-19(30)15(8-10-26-18)27-16-17(21(32)20(16)31)28-23-22-14(12-13(2)34-22)7-9-25(23,3)4/h8,10,12,23,28,30H,6-7,9,11H2,1-5H3,(H,26,27). The van der Waals surface area contributed by atoms with Gasteiger partial charge in [0, 0.05) is 19.8 Å². The van der Waals surface area contributed by atoms with Gasteiger partial charge in [0.2, 0.25) is 0 Å². The molecular weight excluding hydrogens is 436 g/mol. The molecule has 2 aromatic heterocycles. The number of carbonyl (C=O) groups excluding carboxylic acids is 1. The van der Waals surface area contributed by atoms with Crippen molar-refractivity contribution in [1.29, 1.82) is 0 Å². The van der Waals surface area contributed by atoms with Crippen LogP contribution in [-0.2, 0) is 6.42 Å². The highest BCUT2D eigenvalue weighted by molar-refractivity contribution is 5.97. The van der Waals surface area contributed by atoms with Crippen LogP contribution in [0.2, 0.25) is 0 Å². The Morgan fingerprint density at radius 3 is 2.71 bits per heavy atom. The molecule has 9 nitrogen and oxygen atoms in total. The molecule has 0 saturated carbocycles. The lowest BCUT2D eigenvalue weighted by Gasteiger charge is -2.38. The number of amides is 1. The van der Waals surface area contributed by atoms with E-state index in [2.05, 4.69) is 29.5 Å². The predicted molar refractivity (Wildman–Crippen MR) is 130 cm³/mol. The summed E-state index contributed by atoms with van der Waals surface area (Å²) in [5.41, 5.74) is -0.297. The Balaban J connectivity index is 1.65. The molecule has 9 heteroatoms. The molecule has 2 heterocycles. The van der Waals surface area contributed by atoms with Crippen molar-refractivity contribution in [3.05, 3.63) is 61.6 Å². The van der Waals surface area contributed by atoms with Crippen molar-refractivity contribution >= 4 is 23.0 Å². The smallest absolute Gasteiger partial charge is 0.276 e. The van der Waals surface area contributed by atoms with Crippen LogP contribution in [0, 0.1) is 12.3 Å². The fraction of sp³-hybridized carbons (Fsp3) is 0.440. The third-order valence-corrected chi connectivity index (χ3v) is 6.54. The molecule has 0 spiro atoms. The number of fused-ring (bicyclic) bond motifs is 1.